The molecule has 0 aliphatic heterocycles. The number of benzene rings is 1. The van der Waals surface area contributed by atoms with E-state index in [0.717, 1.165) is 22.4 Å². The molecule has 0 saturated carbocycles. The Labute approximate surface area is 108 Å². The lowest BCUT2D eigenvalue weighted by Crippen LogP contribution is -2.17. The average molecular weight is 258 g/mol. The van der Waals surface area contributed by atoms with Gasteiger partial charge in [-0.3, -0.25) is 0 Å². The maximum Gasteiger partial charge on any atom is 0.323 e. The van der Waals surface area contributed by atoms with Crippen LogP contribution in [0.25, 0.3) is 11.0 Å². The molecular formula is C13H14N4O2. The van der Waals surface area contributed by atoms with E-state index in [-0.39, 0.29) is 11.7 Å². The van der Waals surface area contributed by atoms with Gasteiger partial charge in [0.1, 0.15) is 5.76 Å². The predicted molar refractivity (Wildman–Crippen MR) is 70.7 cm³/mol. The summed E-state index contributed by atoms with van der Waals surface area (Å²) in [6, 6.07) is 6.00. The number of H-pyrrole nitrogens is 2. The largest absolute Gasteiger partial charge is 0.447 e. The number of hydrogen-bond donors (Lipinski definition) is 3. The number of nitrogens with one attached hydrogen (secondary N) is 3. The zero-order chi connectivity index (χ0) is 13.2. The molecule has 0 bridgehead atoms. The van der Waals surface area contributed by atoms with Gasteiger partial charge in [-0.2, -0.15) is 0 Å². The molecule has 3 rings (SSSR count). The normalized spacial score (nSPS) is 12.9. The van der Waals surface area contributed by atoms with Gasteiger partial charge in [0.25, 0.3) is 0 Å². The molecule has 19 heavy (non-hydrogen) atoms. The zero-order valence-corrected chi connectivity index (χ0v) is 10.4. The number of fused-ring (bicyclic) bond motifs is 1. The van der Waals surface area contributed by atoms with Crippen molar-refractivity contribution in [1.29, 1.82) is 0 Å². The lowest BCUT2D eigenvalue weighted by Gasteiger charge is -2.13. The lowest BCUT2D eigenvalue weighted by molar-refractivity contribution is 0.458. The van der Waals surface area contributed by atoms with E-state index in [1.165, 1.54) is 6.39 Å². The number of aromatic nitrogens is 3. The van der Waals surface area contributed by atoms with Gasteiger partial charge in [0.2, 0.25) is 0 Å². The van der Waals surface area contributed by atoms with Crippen molar-refractivity contribution in [3.05, 3.63) is 52.6 Å². The van der Waals surface area contributed by atoms with Crippen molar-refractivity contribution in [2.45, 2.75) is 19.5 Å². The third-order valence-corrected chi connectivity index (χ3v) is 3.11. The topological polar surface area (TPSA) is 86.7 Å². The summed E-state index contributed by atoms with van der Waals surface area (Å²) < 4.78 is 5.17. The van der Waals surface area contributed by atoms with Gasteiger partial charge in [0, 0.05) is 6.04 Å². The summed E-state index contributed by atoms with van der Waals surface area (Å²) in [5, 5.41) is 3.34. The van der Waals surface area contributed by atoms with Crippen molar-refractivity contribution >= 4 is 11.0 Å². The van der Waals surface area contributed by atoms with Gasteiger partial charge in [-0.05, 0) is 24.6 Å². The number of nitrogens with zero attached hydrogens (tertiary/aromatic N) is 1. The van der Waals surface area contributed by atoms with Crippen molar-refractivity contribution in [2.75, 3.05) is 0 Å². The van der Waals surface area contributed by atoms with E-state index in [9.17, 15) is 4.79 Å². The molecule has 0 radical (unpaired) electrons. The minimum Gasteiger partial charge on any atom is -0.447 e. The van der Waals surface area contributed by atoms with Crippen LogP contribution >= 0.6 is 0 Å². The smallest absolute Gasteiger partial charge is 0.323 e. The standard InChI is InChI=1S/C13H14N4O2/c1-8(15-6-10-5-14-7-19-10)9-2-3-11-12(4-9)17-13(18)16-11/h2-5,7-8,15H,6H2,1H3,(H2,16,17,18). The Hall–Kier alpha value is -2.34. The summed E-state index contributed by atoms with van der Waals surface area (Å²) in [6.45, 7) is 2.67. The van der Waals surface area contributed by atoms with Gasteiger partial charge in [-0.1, -0.05) is 6.07 Å². The SMILES string of the molecule is CC(NCc1cnco1)c1ccc2[nH]c(=O)[nH]c2c1. The highest BCUT2D eigenvalue weighted by molar-refractivity contribution is 5.75. The van der Waals surface area contributed by atoms with Crippen LogP contribution in [0.5, 0.6) is 0 Å². The molecule has 3 aromatic rings. The average Bonchev–Trinajstić information content (AvgIpc) is 3.02. The molecule has 0 aliphatic carbocycles. The summed E-state index contributed by atoms with van der Waals surface area (Å²) in [5.41, 5.74) is 2.55. The van der Waals surface area contributed by atoms with Crippen molar-refractivity contribution in [1.82, 2.24) is 20.3 Å². The summed E-state index contributed by atoms with van der Waals surface area (Å²) in [7, 11) is 0. The first-order valence-electron chi connectivity index (χ1n) is 6.05. The van der Waals surface area contributed by atoms with Crippen molar-refractivity contribution in [2.24, 2.45) is 0 Å². The van der Waals surface area contributed by atoms with Crippen LogP contribution < -0.4 is 11.0 Å². The molecule has 1 atom stereocenters. The Balaban J connectivity index is 1.77. The van der Waals surface area contributed by atoms with Crippen LogP contribution in [0.1, 0.15) is 24.3 Å². The maximum absolute atomic E-state index is 11.2. The first kappa shape index (κ1) is 11.7. The van der Waals surface area contributed by atoms with Crippen LogP contribution in [-0.2, 0) is 6.54 Å². The molecule has 6 nitrogen and oxygen atoms in total. The Morgan fingerprint density at radius 3 is 3.00 bits per heavy atom. The van der Waals surface area contributed by atoms with Crippen LogP contribution in [0.15, 0.2) is 40.0 Å². The van der Waals surface area contributed by atoms with Gasteiger partial charge in [0.15, 0.2) is 6.39 Å². The third kappa shape index (κ3) is 2.43. The zero-order valence-electron chi connectivity index (χ0n) is 10.4. The molecule has 3 N–H and O–H groups in total. The Morgan fingerprint density at radius 2 is 2.21 bits per heavy atom. The molecule has 1 unspecified atom stereocenters. The summed E-state index contributed by atoms with van der Waals surface area (Å²) in [6.07, 6.45) is 3.10. The van der Waals surface area contributed by atoms with E-state index in [1.54, 1.807) is 6.20 Å². The Bertz CT molecular complexity index is 727. The minimum absolute atomic E-state index is 0.146. The highest BCUT2D eigenvalue weighted by atomic mass is 16.3. The molecule has 0 fully saturated rings. The van der Waals surface area contributed by atoms with Gasteiger partial charge < -0.3 is 19.7 Å². The number of hydrogen-bond acceptors (Lipinski definition) is 4. The van der Waals surface area contributed by atoms with E-state index < -0.39 is 0 Å². The Morgan fingerprint density at radius 1 is 1.37 bits per heavy atom. The van der Waals surface area contributed by atoms with Crippen molar-refractivity contribution in [3.8, 4) is 0 Å². The van der Waals surface area contributed by atoms with E-state index in [4.69, 9.17) is 4.42 Å². The molecule has 0 amide bonds. The third-order valence-electron chi connectivity index (χ3n) is 3.11. The highest BCUT2D eigenvalue weighted by Gasteiger charge is 2.08. The molecule has 0 saturated heterocycles. The first-order chi connectivity index (χ1) is 9.22. The summed E-state index contributed by atoms with van der Waals surface area (Å²) in [4.78, 5) is 20.6. The van der Waals surface area contributed by atoms with Crippen LogP contribution in [-0.4, -0.2) is 15.0 Å². The number of oxazole rings is 1. The van der Waals surface area contributed by atoms with E-state index >= 15 is 0 Å². The minimum atomic E-state index is -0.186. The molecule has 6 heteroatoms. The fraction of sp³-hybridized carbons (Fsp3) is 0.231. The van der Waals surface area contributed by atoms with Gasteiger partial charge >= 0.3 is 5.69 Å². The first-order valence-corrected chi connectivity index (χ1v) is 6.05. The second kappa shape index (κ2) is 4.74. The molecule has 0 aliphatic rings. The van der Waals surface area contributed by atoms with Crippen LogP contribution in [0.4, 0.5) is 0 Å². The van der Waals surface area contributed by atoms with Crippen molar-refractivity contribution < 1.29 is 4.42 Å². The summed E-state index contributed by atoms with van der Waals surface area (Å²) >= 11 is 0. The van der Waals surface area contributed by atoms with E-state index in [0.29, 0.717) is 6.54 Å². The quantitative estimate of drug-likeness (QED) is 0.664. The van der Waals surface area contributed by atoms with E-state index in [1.807, 2.05) is 18.2 Å². The van der Waals surface area contributed by atoms with E-state index in [2.05, 4.69) is 27.2 Å². The monoisotopic (exact) mass is 258 g/mol. The number of imidazole rings is 1. The fourth-order valence-corrected chi connectivity index (χ4v) is 2.02. The number of rotatable bonds is 4. The fourth-order valence-electron chi connectivity index (χ4n) is 2.02. The highest BCUT2D eigenvalue weighted by Crippen LogP contribution is 2.17. The second-order valence-electron chi connectivity index (χ2n) is 4.45. The van der Waals surface area contributed by atoms with Gasteiger partial charge in [0.05, 0.1) is 23.8 Å². The number of aromatic amines is 2. The maximum atomic E-state index is 11.2. The second-order valence-corrected chi connectivity index (χ2v) is 4.45. The Kier molecular flexibility index (Phi) is 2.92. The van der Waals surface area contributed by atoms with Crippen LogP contribution in [0.3, 0.4) is 0 Å². The molecule has 2 heterocycles. The van der Waals surface area contributed by atoms with Gasteiger partial charge in [-0.15, -0.1) is 0 Å². The molecule has 1 aromatic carbocycles. The lowest BCUT2D eigenvalue weighted by atomic mass is 10.1. The van der Waals surface area contributed by atoms with Crippen LogP contribution in [0.2, 0.25) is 0 Å². The van der Waals surface area contributed by atoms with Crippen molar-refractivity contribution in [3.63, 3.8) is 0 Å². The predicted octanol–water partition coefficient (Wildman–Crippen LogP) is 1.69. The molecule has 98 valence electrons. The summed E-state index contributed by atoms with van der Waals surface area (Å²) in [5.74, 6) is 0.794. The molecular weight excluding hydrogens is 244 g/mol. The molecule has 0 spiro atoms. The van der Waals surface area contributed by atoms with Crippen LogP contribution in [0, 0.1) is 0 Å². The van der Waals surface area contributed by atoms with Gasteiger partial charge in [-0.25, -0.2) is 9.78 Å². The molecule has 2 aromatic heterocycles.